The molecule has 0 fully saturated rings. The zero-order valence-electron chi connectivity index (χ0n) is 47.5. The van der Waals surface area contributed by atoms with Gasteiger partial charge in [-0.15, -0.1) is 0 Å². The van der Waals surface area contributed by atoms with E-state index in [1.165, 1.54) is 17.7 Å². The third-order valence-electron chi connectivity index (χ3n) is 15.4. The Bertz CT molecular complexity index is 1610. The van der Waals surface area contributed by atoms with Crippen molar-refractivity contribution < 1.29 is 42.6 Å². The number of hydrogen-bond acceptors (Lipinski definition) is 10. The molecule has 1 amide bonds. The first-order valence-corrected chi connectivity index (χ1v) is 33.7. The maximum Gasteiger partial charge on any atom is 0.251 e. The molecule has 0 aliphatic carbocycles. The molecule has 0 saturated carbocycles. The van der Waals surface area contributed by atoms with Crippen molar-refractivity contribution in [1.29, 1.82) is 0 Å². The molecule has 67 heavy (non-hydrogen) atoms. The Morgan fingerprint density at radius 2 is 1.12 bits per heavy atom. The highest BCUT2D eigenvalue weighted by Gasteiger charge is 2.46. The third kappa shape index (κ3) is 20.2. The normalized spacial score (nSPS) is 19.5. The summed E-state index contributed by atoms with van der Waals surface area (Å²) in [7, 11) is -3.89. The second kappa shape index (κ2) is 27.3. The van der Waals surface area contributed by atoms with Gasteiger partial charge in [0.25, 0.3) is 5.91 Å². The van der Waals surface area contributed by atoms with Gasteiger partial charge in [-0.3, -0.25) is 14.4 Å². The summed E-state index contributed by atoms with van der Waals surface area (Å²) in [5.74, 6) is -1.69. The Morgan fingerprint density at radius 3 is 1.55 bits per heavy atom. The smallest absolute Gasteiger partial charge is 0.251 e. The van der Waals surface area contributed by atoms with Gasteiger partial charge in [-0.25, -0.2) is 14.8 Å². The van der Waals surface area contributed by atoms with E-state index in [1.807, 2.05) is 19.1 Å². The van der Waals surface area contributed by atoms with E-state index in [-0.39, 0.29) is 87.9 Å². The van der Waals surface area contributed by atoms with E-state index < -0.39 is 49.0 Å². The maximum absolute atomic E-state index is 14.0. The number of amides is 1. The van der Waals surface area contributed by atoms with Crippen LogP contribution in [-0.4, -0.2) is 98.2 Å². The number of rotatable bonds is 29. The number of ketones is 1. The zero-order chi connectivity index (χ0) is 52.8. The predicted octanol–water partition coefficient (Wildman–Crippen LogP) is 12.8. The van der Waals surface area contributed by atoms with Crippen molar-refractivity contribution >= 4 is 36.6 Å². The average Bonchev–Trinajstić information content (AvgIpc) is 3.19. The molecule has 0 spiro atoms. The van der Waals surface area contributed by atoms with Crippen LogP contribution in [0.25, 0.3) is 0 Å². The van der Waals surface area contributed by atoms with Gasteiger partial charge in [0, 0.05) is 31.2 Å². The summed E-state index contributed by atoms with van der Waals surface area (Å²) in [6.07, 6.45) is 10.2. The lowest BCUT2D eigenvalue weighted by Crippen LogP contribution is -2.51. The number of carbonyl (C=O) groups is 2. The summed E-state index contributed by atoms with van der Waals surface area (Å²) in [6, 6.07) is 0. The van der Waals surface area contributed by atoms with Crippen LogP contribution in [0.2, 0.25) is 54.4 Å². The SMILES string of the molecule is C=C/C=C\C(C)[C@H](OOCN)[C@@H](C)[C@H](O[Si](C)(C)C(C)(C)C)[C@@H](C)C/C(C)=C\C(C)[C@@H](O[Si](C)(C)C(C)(C)C)[C@@H](C)/C=C\[C@@H](O)CC(=O)C(C)[C@H](O[Si](C)(C)C(C)(C)C)C(C)C(=O)N(C)OC. The lowest BCUT2D eigenvalue weighted by molar-refractivity contribution is -0.342. The molecule has 0 aliphatic heterocycles. The molecule has 3 N–H and O–H groups in total. The summed E-state index contributed by atoms with van der Waals surface area (Å²) in [5.41, 5.74) is 6.99. The first-order valence-electron chi connectivity index (χ1n) is 24.9. The highest BCUT2D eigenvalue weighted by Crippen LogP contribution is 2.43. The van der Waals surface area contributed by atoms with Crippen LogP contribution < -0.4 is 5.73 Å². The standard InChI is InChI=1S/C53H104N2O9Si3/c1-27-28-29-37(3)47(61-60-35-54)42(8)48(63-66(23,24)52(13,14)15)40(6)33-36(2)32-39(5)46(62-65(21,22)51(10,11)12)38(4)30-31-44(56)34-45(57)41(7)49(43(9)50(58)55(19)59-20)64-67(25,26)53(16,17)18/h27-32,37-44,46-49,56H,1,33-35,54H2,2-26H3/b29-28-,31-30-,36-32-/t37?,38-,39?,40-,41?,42+,43?,44+,46-,47-,48+,49-/m0/s1. The number of aliphatic hydroxyl groups excluding tert-OH is 1. The first-order chi connectivity index (χ1) is 30.2. The molecule has 11 nitrogen and oxygen atoms in total. The second-order valence-electron chi connectivity index (χ2n) is 24.3. The van der Waals surface area contributed by atoms with Gasteiger partial charge in [-0.2, -0.15) is 0 Å². The molecule has 0 bridgehead atoms. The Morgan fingerprint density at radius 1 is 0.672 bits per heavy atom. The van der Waals surface area contributed by atoms with E-state index in [4.69, 9.17) is 33.6 Å². The van der Waals surface area contributed by atoms with Crippen molar-refractivity contribution in [2.75, 3.05) is 20.9 Å². The van der Waals surface area contributed by atoms with E-state index in [9.17, 15) is 14.7 Å². The van der Waals surface area contributed by atoms with Gasteiger partial charge in [0.1, 0.15) is 18.6 Å². The topological polar surface area (TPSA) is 139 Å². The molecule has 0 aromatic heterocycles. The van der Waals surface area contributed by atoms with Gasteiger partial charge in [0.2, 0.25) is 0 Å². The van der Waals surface area contributed by atoms with Crippen molar-refractivity contribution in [1.82, 2.24) is 5.06 Å². The van der Waals surface area contributed by atoms with Gasteiger partial charge >= 0.3 is 0 Å². The minimum Gasteiger partial charge on any atom is -0.413 e. The minimum absolute atomic E-state index is 0.00153. The summed E-state index contributed by atoms with van der Waals surface area (Å²) in [4.78, 5) is 44.0. The molecule has 0 rings (SSSR count). The van der Waals surface area contributed by atoms with Crippen molar-refractivity contribution in [3.05, 3.63) is 48.6 Å². The van der Waals surface area contributed by atoms with E-state index in [1.54, 1.807) is 26.1 Å². The van der Waals surface area contributed by atoms with Gasteiger partial charge in [0.15, 0.2) is 25.0 Å². The monoisotopic (exact) mass is 997 g/mol. The third-order valence-corrected chi connectivity index (χ3v) is 28.8. The van der Waals surface area contributed by atoms with Crippen molar-refractivity contribution in [2.45, 2.75) is 215 Å². The molecule has 4 unspecified atom stereocenters. The molecule has 0 aromatic rings. The molecule has 0 aromatic carbocycles. The highest BCUT2D eigenvalue weighted by atomic mass is 28.4. The number of nitrogens with two attached hydrogens (primary N) is 1. The zero-order valence-corrected chi connectivity index (χ0v) is 50.5. The number of hydroxylamine groups is 2. The Kier molecular flexibility index (Phi) is 26.7. The number of aliphatic hydroxyl groups is 1. The van der Waals surface area contributed by atoms with Gasteiger partial charge in [-0.05, 0) is 85.5 Å². The Hall–Kier alpha value is -1.57. The van der Waals surface area contributed by atoms with Crippen LogP contribution >= 0.6 is 0 Å². The fourth-order valence-electron chi connectivity index (χ4n) is 7.75. The number of Topliss-reactive ketones (excluding diaryl/α,β-unsaturated/α-hetero) is 1. The fraction of sp³-hybridized carbons (Fsp3) is 0.811. The fourth-order valence-corrected chi connectivity index (χ4v) is 12.1. The van der Waals surface area contributed by atoms with Crippen LogP contribution in [0.3, 0.4) is 0 Å². The summed E-state index contributed by atoms with van der Waals surface area (Å²) >= 11 is 0. The summed E-state index contributed by atoms with van der Waals surface area (Å²) in [6.45, 7) is 53.9. The molecule has 392 valence electrons. The largest absolute Gasteiger partial charge is 0.413 e. The Labute approximate surface area is 414 Å². The van der Waals surface area contributed by atoms with Crippen molar-refractivity contribution in [3.63, 3.8) is 0 Å². The van der Waals surface area contributed by atoms with Gasteiger partial charge in [-0.1, -0.05) is 159 Å². The molecule has 0 aliphatic rings. The number of nitrogens with zero attached hydrogens (tertiary/aromatic N) is 1. The van der Waals surface area contributed by atoms with Crippen LogP contribution in [0.15, 0.2) is 48.6 Å². The predicted molar refractivity (Wildman–Crippen MR) is 288 cm³/mol. The van der Waals surface area contributed by atoms with Gasteiger partial charge in [0.05, 0.1) is 37.4 Å². The van der Waals surface area contributed by atoms with E-state index in [2.05, 4.69) is 162 Å². The van der Waals surface area contributed by atoms with Crippen LogP contribution in [0.5, 0.6) is 0 Å². The van der Waals surface area contributed by atoms with Crippen LogP contribution in [-0.2, 0) is 37.5 Å². The molecule has 0 radical (unpaired) electrons. The average molecular weight is 998 g/mol. The minimum atomic E-state index is -2.40. The number of carbonyl (C=O) groups excluding carboxylic acids is 2. The lowest BCUT2D eigenvalue weighted by Gasteiger charge is -2.44. The van der Waals surface area contributed by atoms with Crippen LogP contribution in [0.1, 0.15) is 131 Å². The van der Waals surface area contributed by atoms with Crippen molar-refractivity contribution in [2.24, 2.45) is 47.2 Å². The number of hydrogen-bond donors (Lipinski definition) is 2. The Balaban J connectivity index is 6.92. The molecular weight excluding hydrogens is 893 g/mol. The highest BCUT2D eigenvalue weighted by molar-refractivity contribution is 6.75. The van der Waals surface area contributed by atoms with Crippen molar-refractivity contribution in [3.8, 4) is 0 Å². The maximum atomic E-state index is 14.0. The van der Waals surface area contributed by atoms with E-state index >= 15 is 0 Å². The molecular formula is C53H104N2O9Si3. The van der Waals surface area contributed by atoms with Crippen LogP contribution in [0, 0.1) is 41.4 Å². The molecule has 0 heterocycles. The van der Waals surface area contributed by atoms with Gasteiger partial charge < -0.3 is 24.1 Å². The molecule has 14 heteroatoms. The van der Waals surface area contributed by atoms with Crippen LogP contribution in [0.4, 0.5) is 0 Å². The summed E-state index contributed by atoms with van der Waals surface area (Å²) in [5, 5.41) is 12.4. The van der Waals surface area contributed by atoms with E-state index in [0.29, 0.717) is 0 Å². The second-order valence-corrected chi connectivity index (χ2v) is 38.6. The summed E-state index contributed by atoms with van der Waals surface area (Å²) < 4.78 is 21.4. The lowest BCUT2D eigenvalue weighted by atomic mass is 9.81. The number of allylic oxidation sites excluding steroid dienone is 3. The quantitative estimate of drug-likeness (QED) is 0.0186. The molecule has 0 saturated heterocycles. The molecule has 12 atom stereocenters. The van der Waals surface area contributed by atoms with E-state index in [0.717, 1.165) is 6.42 Å². The first kappa shape index (κ1) is 65.4.